The predicted molar refractivity (Wildman–Crippen MR) is 112 cm³/mol. The van der Waals surface area contributed by atoms with Crippen molar-refractivity contribution in [1.29, 1.82) is 0 Å². The molecule has 0 fully saturated rings. The van der Waals surface area contributed by atoms with Gasteiger partial charge in [-0.15, -0.1) is 0 Å². The van der Waals surface area contributed by atoms with Gasteiger partial charge in [-0.3, -0.25) is 9.89 Å². The monoisotopic (exact) mass is 422 g/mol. The van der Waals surface area contributed by atoms with Gasteiger partial charge in [0.1, 0.15) is 17.3 Å². The molecule has 158 valence electrons. The van der Waals surface area contributed by atoms with Gasteiger partial charge in [-0.1, -0.05) is 18.2 Å². The molecule has 8 heteroatoms. The Kier molecular flexibility index (Phi) is 5.62. The van der Waals surface area contributed by atoms with E-state index in [1.165, 1.54) is 24.3 Å². The van der Waals surface area contributed by atoms with E-state index in [4.69, 9.17) is 0 Å². The van der Waals surface area contributed by atoms with Crippen molar-refractivity contribution < 1.29 is 13.9 Å². The number of imidazole rings is 1. The fourth-order valence-electron chi connectivity index (χ4n) is 3.76. The van der Waals surface area contributed by atoms with Crippen LogP contribution in [0.3, 0.4) is 0 Å². The highest BCUT2D eigenvalue weighted by Gasteiger charge is 2.19. The van der Waals surface area contributed by atoms with Crippen LogP contribution >= 0.6 is 0 Å². The van der Waals surface area contributed by atoms with Crippen LogP contribution in [0.1, 0.15) is 29.0 Å². The molecule has 0 aliphatic heterocycles. The van der Waals surface area contributed by atoms with Crippen LogP contribution in [0.2, 0.25) is 0 Å². The Morgan fingerprint density at radius 3 is 2.61 bits per heavy atom. The van der Waals surface area contributed by atoms with Gasteiger partial charge < -0.3 is 9.67 Å². The number of aromatic hydroxyl groups is 1. The number of rotatable bonds is 6. The zero-order chi connectivity index (χ0) is 22.0. The highest BCUT2D eigenvalue weighted by Crippen LogP contribution is 2.32. The lowest BCUT2D eigenvalue weighted by molar-refractivity contribution is 0.466. The molecule has 2 aromatic heterocycles. The summed E-state index contributed by atoms with van der Waals surface area (Å²) in [7, 11) is 0. The summed E-state index contributed by atoms with van der Waals surface area (Å²) in [6, 6.07) is 10.9. The fourth-order valence-corrected chi connectivity index (χ4v) is 3.76. The van der Waals surface area contributed by atoms with Crippen molar-refractivity contribution in [3.8, 4) is 17.3 Å². The normalized spacial score (nSPS) is 12.1. The molecule has 2 aromatic carbocycles. The molecule has 1 unspecified atom stereocenters. The molecule has 4 rings (SSSR count). The number of aromatic amines is 1. The van der Waals surface area contributed by atoms with Crippen LogP contribution in [-0.4, -0.2) is 24.9 Å². The lowest BCUT2D eigenvalue weighted by atomic mass is 9.86. The number of aromatic nitrogens is 4. The fraction of sp³-hybridized carbons (Fsp3) is 0.174. The van der Waals surface area contributed by atoms with E-state index < -0.39 is 11.2 Å². The molecule has 1 atom stereocenters. The molecular formula is C23H20F2N4O2. The van der Waals surface area contributed by atoms with Gasteiger partial charge in [-0.05, 0) is 54.3 Å². The average molecular weight is 422 g/mol. The Balaban J connectivity index is 1.68. The van der Waals surface area contributed by atoms with Crippen LogP contribution in [0, 0.1) is 18.6 Å². The molecule has 31 heavy (non-hydrogen) atoms. The summed E-state index contributed by atoms with van der Waals surface area (Å²) < 4.78 is 28.9. The summed E-state index contributed by atoms with van der Waals surface area (Å²) in [5.74, 6) is -0.848. The first-order valence-electron chi connectivity index (χ1n) is 9.73. The molecule has 4 aromatic rings. The third-order valence-corrected chi connectivity index (χ3v) is 5.31. The minimum Gasteiger partial charge on any atom is -0.503 e. The minimum atomic E-state index is -0.602. The quantitative estimate of drug-likeness (QED) is 0.489. The van der Waals surface area contributed by atoms with Crippen molar-refractivity contribution >= 4 is 0 Å². The molecule has 6 nitrogen and oxygen atoms in total. The van der Waals surface area contributed by atoms with Crippen LogP contribution in [0.15, 0.2) is 65.8 Å². The third-order valence-electron chi connectivity index (χ3n) is 5.31. The maximum atomic E-state index is 13.7. The van der Waals surface area contributed by atoms with Crippen LogP contribution < -0.4 is 5.43 Å². The van der Waals surface area contributed by atoms with E-state index in [9.17, 15) is 18.7 Å². The number of benzene rings is 2. The molecule has 0 amide bonds. The Labute approximate surface area is 176 Å². The van der Waals surface area contributed by atoms with E-state index in [0.717, 1.165) is 22.9 Å². The largest absolute Gasteiger partial charge is 0.503 e. The van der Waals surface area contributed by atoms with E-state index in [-0.39, 0.29) is 23.2 Å². The van der Waals surface area contributed by atoms with Gasteiger partial charge in [0.15, 0.2) is 11.6 Å². The first kappa shape index (κ1) is 20.5. The summed E-state index contributed by atoms with van der Waals surface area (Å²) in [6.45, 7) is 2.32. The van der Waals surface area contributed by atoms with Gasteiger partial charge in [-0.25, -0.2) is 13.8 Å². The van der Waals surface area contributed by atoms with E-state index >= 15 is 0 Å². The van der Waals surface area contributed by atoms with Gasteiger partial charge in [0, 0.05) is 24.9 Å². The highest BCUT2D eigenvalue weighted by molar-refractivity contribution is 5.57. The molecule has 0 saturated carbocycles. The maximum absolute atomic E-state index is 13.7. The topological polar surface area (TPSA) is 83.8 Å². The van der Waals surface area contributed by atoms with Gasteiger partial charge in [0.2, 0.25) is 5.43 Å². The summed E-state index contributed by atoms with van der Waals surface area (Å²) in [4.78, 5) is 16.0. The third kappa shape index (κ3) is 4.23. The predicted octanol–water partition coefficient (Wildman–Crippen LogP) is 4.15. The van der Waals surface area contributed by atoms with Crippen LogP contribution in [0.4, 0.5) is 8.78 Å². The lowest BCUT2D eigenvalue weighted by Gasteiger charge is -2.21. The van der Waals surface area contributed by atoms with Crippen molar-refractivity contribution in [3.05, 3.63) is 99.6 Å². The molecule has 0 spiro atoms. The standard InChI is InChI=1S/C23H20F2N4O2/c1-14-12-17(25)6-7-18(14)19(15-2-4-16(24)5-3-15)8-10-29-11-9-26-23(29)21-22(31)20(30)13-27-28-21/h2-7,9,11-13,19H,8,10H2,1H3,(H,27,31)(H,28,30). The zero-order valence-corrected chi connectivity index (χ0v) is 16.7. The van der Waals surface area contributed by atoms with Gasteiger partial charge in [0.05, 0.1) is 6.20 Å². The molecule has 0 aliphatic rings. The van der Waals surface area contributed by atoms with Gasteiger partial charge >= 0.3 is 0 Å². The number of halogens is 2. The van der Waals surface area contributed by atoms with Crippen molar-refractivity contribution in [2.24, 2.45) is 0 Å². The average Bonchev–Trinajstić information content (AvgIpc) is 3.21. The molecule has 0 radical (unpaired) electrons. The van der Waals surface area contributed by atoms with Crippen molar-refractivity contribution in [2.45, 2.75) is 25.8 Å². The molecule has 0 bridgehead atoms. The summed E-state index contributed by atoms with van der Waals surface area (Å²) >= 11 is 0. The summed E-state index contributed by atoms with van der Waals surface area (Å²) in [5, 5.41) is 16.5. The Morgan fingerprint density at radius 1 is 1.13 bits per heavy atom. The van der Waals surface area contributed by atoms with E-state index in [2.05, 4.69) is 15.2 Å². The first-order chi connectivity index (χ1) is 14.9. The number of aryl methyl sites for hydroxylation is 2. The molecule has 2 N–H and O–H groups in total. The lowest BCUT2D eigenvalue weighted by Crippen LogP contribution is -2.11. The Hall–Kier alpha value is -3.81. The number of nitrogens with zero attached hydrogens (tertiary/aromatic N) is 3. The summed E-state index contributed by atoms with van der Waals surface area (Å²) in [5.41, 5.74) is 2.17. The molecule has 0 aliphatic carbocycles. The molecular weight excluding hydrogens is 402 g/mol. The van der Waals surface area contributed by atoms with Crippen molar-refractivity contribution in [2.75, 3.05) is 0 Å². The number of hydrogen-bond donors (Lipinski definition) is 2. The first-order valence-corrected chi connectivity index (χ1v) is 9.73. The maximum Gasteiger partial charge on any atom is 0.242 e. The Morgan fingerprint density at radius 2 is 1.87 bits per heavy atom. The number of hydrogen-bond acceptors (Lipinski definition) is 4. The molecule has 0 saturated heterocycles. The second-order valence-corrected chi connectivity index (χ2v) is 7.30. The van der Waals surface area contributed by atoms with Gasteiger partial charge in [-0.2, -0.15) is 5.10 Å². The van der Waals surface area contributed by atoms with Crippen molar-refractivity contribution in [3.63, 3.8) is 0 Å². The number of H-pyrrole nitrogens is 1. The minimum absolute atomic E-state index is 0.127. The zero-order valence-electron chi connectivity index (χ0n) is 16.7. The van der Waals surface area contributed by atoms with Crippen LogP contribution in [0.25, 0.3) is 11.5 Å². The summed E-state index contributed by atoms with van der Waals surface area (Å²) in [6.07, 6.45) is 4.89. The van der Waals surface area contributed by atoms with Crippen LogP contribution in [0.5, 0.6) is 5.75 Å². The van der Waals surface area contributed by atoms with Crippen molar-refractivity contribution in [1.82, 2.24) is 19.7 Å². The SMILES string of the molecule is Cc1cc(F)ccc1C(CCn1ccnc1-c1[nH]ncc(=O)c1O)c1ccc(F)cc1. The van der Waals surface area contributed by atoms with E-state index in [1.807, 2.05) is 6.92 Å². The Bertz CT molecular complexity index is 1270. The second kappa shape index (κ2) is 8.51. The smallest absolute Gasteiger partial charge is 0.242 e. The van der Waals surface area contributed by atoms with Gasteiger partial charge in [0.25, 0.3) is 0 Å². The molecule has 2 heterocycles. The van der Waals surface area contributed by atoms with E-state index in [0.29, 0.717) is 18.8 Å². The van der Waals surface area contributed by atoms with E-state index in [1.54, 1.807) is 35.2 Å². The second-order valence-electron chi connectivity index (χ2n) is 7.30. The van der Waals surface area contributed by atoms with Crippen LogP contribution in [-0.2, 0) is 6.54 Å². The highest BCUT2D eigenvalue weighted by atomic mass is 19.1. The number of nitrogens with one attached hydrogen (secondary N) is 1.